The molecule has 0 spiro atoms. The highest BCUT2D eigenvalue weighted by Crippen LogP contribution is 2.35. The second-order valence-electron chi connectivity index (χ2n) is 4.98. The maximum Gasteiger partial charge on any atom is 0.0418 e. The summed E-state index contributed by atoms with van der Waals surface area (Å²) in [7, 11) is 4.24. The van der Waals surface area contributed by atoms with Crippen LogP contribution in [0.3, 0.4) is 0 Å². The fourth-order valence-electron chi connectivity index (χ4n) is 2.34. The van der Waals surface area contributed by atoms with Gasteiger partial charge in [0, 0.05) is 23.6 Å². The van der Waals surface area contributed by atoms with Crippen molar-refractivity contribution < 1.29 is 0 Å². The molecule has 2 N–H and O–H groups in total. The lowest BCUT2D eigenvalue weighted by Gasteiger charge is -2.30. The van der Waals surface area contributed by atoms with E-state index in [4.69, 9.17) is 5.73 Å². The summed E-state index contributed by atoms with van der Waals surface area (Å²) in [5, 5.41) is 0.588. The highest BCUT2D eigenvalue weighted by Gasteiger charge is 2.26. The van der Waals surface area contributed by atoms with E-state index in [1.54, 1.807) is 0 Å². The third-order valence-corrected chi connectivity index (χ3v) is 4.76. The van der Waals surface area contributed by atoms with Crippen LogP contribution in [0.15, 0.2) is 24.3 Å². The van der Waals surface area contributed by atoms with Crippen LogP contribution in [0.1, 0.15) is 23.6 Å². The molecule has 3 heteroatoms. The first-order valence-electron chi connectivity index (χ1n) is 6.28. The molecule has 0 aromatic heterocycles. The van der Waals surface area contributed by atoms with Gasteiger partial charge in [0.25, 0.3) is 0 Å². The van der Waals surface area contributed by atoms with Gasteiger partial charge in [0.1, 0.15) is 0 Å². The number of benzene rings is 1. The molecule has 2 nitrogen and oxygen atoms in total. The molecule has 2 atom stereocenters. The summed E-state index contributed by atoms with van der Waals surface area (Å²) in [6.45, 7) is 1.13. The largest absolute Gasteiger partial charge is 0.323 e. The van der Waals surface area contributed by atoms with E-state index in [2.05, 4.69) is 43.3 Å². The van der Waals surface area contributed by atoms with Crippen LogP contribution in [-0.2, 0) is 6.42 Å². The SMILES string of the molecule is CN(C)CCSC1CCc2ccccc2C1N. The number of hydrogen-bond acceptors (Lipinski definition) is 3. The Morgan fingerprint density at radius 3 is 2.88 bits per heavy atom. The van der Waals surface area contributed by atoms with E-state index in [0.717, 1.165) is 6.54 Å². The first-order valence-corrected chi connectivity index (χ1v) is 7.33. The van der Waals surface area contributed by atoms with Gasteiger partial charge in [-0.15, -0.1) is 0 Å². The molecule has 0 bridgehead atoms. The van der Waals surface area contributed by atoms with Crippen molar-refractivity contribution in [2.75, 3.05) is 26.4 Å². The molecule has 0 saturated carbocycles. The van der Waals surface area contributed by atoms with E-state index in [-0.39, 0.29) is 6.04 Å². The first kappa shape index (κ1) is 12.9. The molecule has 0 heterocycles. The molecule has 1 aromatic rings. The summed E-state index contributed by atoms with van der Waals surface area (Å²) in [5.41, 5.74) is 9.18. The molecule has 94 valence electrons. The minimum Gasteiger partial charge on any atom is -0.323 e. The number of hydrogen-bond donors (Lipinski definition) is 1. The quantitative estimate of drug-likeness (QED) is 0.889. The predicted molar refractivity (Wildman–Crippen MR) is 76.5 cm³/mol. The van der Waals surface area contributed by atoms with Gasteiger partial charge in [-0.25, -0.2) is 0 Å². The second-order valence-corrected chi connectivity index (χ2v) is 6.32. The molecule has 1 aromatic carbocycles. The van der Waals surface area contributed by atoms with Crippen LogP contribution < -0.4 is 5.73 Å². The molecule has 17 heavy (non-hydrogen) atoms. The normalized spacial score (nSPS) is 23.8. The molecule has 0 fully saturated rings. The third kappa shape index (κ3) is 3.24. The minimum atomic E-state index is 0.215. The van der Waals surface area contributed by atoms with Crippen LogP contribution in [-0.4, -0.2) is 36.5 Å². The smallest absolute Gasteiger partial charge is 0.0418 e. The molecule has 2 unspecified atom stereocenters. The van der Waals surface area contributed by atoms with Crippen molar-refractivity contribution in [3.63, 3.8) is 0 Å². The third-order valence-electron chi connectivity index (χ3n) is 3.38. The van der Waals surface area contributed by atoms with Gasteiger partial charge in [-0.2, -0.15) is 11.8 Å². The Balaban J connectivity index is 1.95. The maximum absolute atomic E-state index is 6.37. The van der Waals surface area contributed by atoms with Crippen LogP contribution in [0, 0.1) is 0 Å². The number of rotatable bonds is 4. The summed E-state index contributed by atoms with van der Waals surface area (Å²) >= 11 is 2.03. The fraction of sp³-hybridized carbons (Fsp3) is 0.571. The molecule has 0 aliphatic heterocycles. The Morgan fingerprint density at radius 2 is 2.12 bits per heavy atom. The highest BCUT2D eigenvalue weighted by atomic mass is 32.2. The van der Waals surface area contributed by atoms with Crippen LogP contribution in [0.5, 0.6) is 0 Å². The van der Waals surface area contributed by atoms with Gasteiger partial charge in [-0.3, -0.25) is 0 Å². The number of aryl methyl sites for hydroxylation is 1. The van der Waals surface area contributed by atoms with Gasteiger partial charge in [0.05, 0.1) is 0 Å². The van der Waals surface area contributed by atoms with E-state index in [1.807, 2.05) is 11.8 Å². The predicted octanol–water partition coefficient (Wildman–Crippen LogP) is 2.30. The molecular formula is C14H22N2S. The lowest BCUT2D eigenvalue weighted by molar-refractivity contribution is 0.436. The standard InChI is InChI=1S/C14H22N2S/c1-16(2)9-10-17-13-8-7-11-5-3-4-6-12(11)14(13)15/h3-6,13-14H,7-10,15H2,1-2H3. The van der Waals surface area contributed by atoms with Crippen molar-refractivity contribution in [1.82, 2.24) is 4.90 Å². The van der Waals surface area contributed by atoms with Crippen LogP contribution in [0.4, 0.5) is 0 Å². The van der Waals surface area contributed by atoms with Crippen molar-refractivity contribution in [3.8, 4) is 0 Å². The number of nitrogens with two attached hydrogens (primary N) is 1. The van der Waals surface area contributed by atoms with Crippen LogP contribution in [0.25, 0.3) is 0 Å². The van der Waals surface area contributed by atoms with Crippen molar-refractivity contribution in [2.24, 2.45) is 5.73 Å². The molecule has 0 amide bonds. The summed E-state index contributed by atoms with van der Waals surface area (Å²) in [4.78, 5) is 2.23. The second kappa shape index (κ2) is 5.89. The highest BCUT2D eigenvalue weighted by molar-refractivity contribution is 7.99. The van der Waals surface area contributed by atoms with Crippen molar-refractivity contribution in [1.29, 1.82) is 0 Å². The van der Waals surface area contributed by atoms with E-state index >= 15 is 0 Å². The van der Waals surface area contributed by atoms with E-state index in [0.29, 0.717) is 5.25 Å². The summed E-state index contributed by atoms with van der Waals surface area (Å²) in [6.07, 6.45) is 2.40. The van der Waals surface area contributed by atoms with E-state index in [9.17, 15) is 0 Å². The van der Waals surface area contributed by atoms with E-state index < -0.39 is 0 Å². The lowest BCUT2D eigenvalue weighted by Crippen LogP contribution is -2.30. The summed E-state index contributed by atoms with van der Waals surface area (Å²) in [6, 6.07) is 8.85. The minimum absolute atomic E-state index is 0.215. The zero-order valence-corrected chi connectivity index (χ0v) is 11.5. The van der Waals surface area contributed by atoms with Crippen molar-refractivity contribution >= 4 is 11.8 Å². The molecule has 0 saturated heterocycles. The molecular weight excluding hydrogens is 228 g/mol. The Kier molecular flexibility index (Phi) is 4.48. The Labute approximate surface area is 109 Å². The first-order chi connectivity index (χ1) is 8.18. The van der Waals surface area contributed by atoms with Crippen LogP contribution in [0.2, 0.25) is 0 Å². The zero-order valence-electron chi connectivity index (χ0n) is 10.7. The number of fused-ring (bicyclic) bond motifs is 1. The van der Waals surface area contributed by atoms with Crippen LogP contribution >= 0.6 is 11.8 Å². The Morgan fingerprint density at radius 1 is 1.35 bits per heavy atom. The zero-order chi connectivity index (χ0) is 12.3. The van der Waals surface area contributed by atoms with Crippen molar-refractivity contribution in [3.05, 3.63) is 35.4 Å². The molecule has 0 radical (unpaired) electrons. The van der Waals surface area contributed by atoms with Gasteiger partial charge < -0.3 is 10.6 Å². The van der Waals surface area contributed by atoms with Crippen molar-refractivity contribution in [2.45, 2.75) is 24.1 Å². The summed E-state index contributed by atoms with van der Waals surface area (Å²) in [5.74, 6) is 1.17. The average molecular weight is 250 g/mol. The molecule has 1 aliphatic carbocycles. The van der Waals surface area contributed by atoms with Gasteiger partial charge >= 0.3 is 0 Å². The van der Waals surface area contributed by atoms with E-state index in [1.165, 1.54) is 29.7 Å². The van der Waals surface area contributed by atoms with Gasteiger partial charge in [0.2, 0.25) is 0 Å². The number of thioether (sulfide) groups is 1. The number of nitrogens with zero attached hydrogens (tertiary/aromatic N) is 1. The summed E-state index contributed by atoms with van der Waals surface area (Å²) < 4.78 is 0. The van der Waals surface area contributed by atoms with Gasteiger partial charge in [-0.05, 0) is 38.1 Å². The maximum atomic E-state index is 6.37. The average Bonchev–Trinajstić information content (AvgIpc) is 2.32. The lowest BCUT2D eigenvalue weighted by atomic mass is 9.88. The fourth-order valence-corrected chi connectivity index (χ4v) is 3.75. The Bertz CT molecular complexity index is 365. The monoisotopic (exact) mass is 250 g/mol. The van der Waals surface area contributed by atoms with Gasteiger partial charge in [0.15, 0.2) is 0 Å². The molecule has 2 rings (SSSR count). The topological polar surface area (TPSA) is 29.3 Å². The Hall–Kier alpha value is -0.510. The molecule has 1 aliphatic rings. The van der Waals surface area contributed by atoms with Gasteiger partial charge in [-0.1, -0.05) is 24.3 Å².